The lowest BCUT2D eigenvalue weighted by atomic mass is 10.1. The molecule has 0 radical (unpaired) electrons. The van der Waals surface area contributed by atoms with Crippen LogP contribution in [-0.4, -0.2) is 33.2 Å². The highest BCUT2D eigenvalue weighted by Gasteiger charge is 2.22. The maximum absolute atomic E-state index is 12.7. The number of para-hydroxylation sites is 1. The van der Waals surface area contributed by atoms with E-state index in [1.165, 1.54) is 25.1 Å². The van der Waals surface area contributed by atoms with Gasteiger partial charge >= 0.3 is 5.97 Å². The minimum atomic E-state index is -0.815. The van der Waals surface area contributed by atoms with Crippen LogP contribution in [0.5, 0.6) is 0 Å². The number of esters is 1. The molecule has 1 N–H and O–H groups in total. The molecule has 0 unspecified atom stereocenters. The molecule has 0 aliphatic carbocycles. The molecule has 0 atom stereocenters. The molecule has 3 aromatic rings. The Morgan fingerprint density at radius 2 is 1.84 bits per heavy atom. The summed E-state index contributed by atoms with van der Waals surface area (Å²) in [6.45, 7) is 4.98. The third-order valence-corrected chi connectivity index (χ3v) is 4.65. The molecule has 0 saturated carbocycles. The van der Waals surface area contributed by atoms with Crippen molar-refractivity contribution in [1.82, 2.24) is 9.78 Å². The SMILES string of the molecule is CCOC(=O)c1nn(-c2ccccc2C)c(=O)cc1NC(=O)c1ccc([N+](=O)[O-])c(C)c1. The predicted octanol–water partition coefficient (Wildman–Crippen LogP) is 3.19. The van der Waals surface area contributed by atoms with Gasteiger partial charge < -0.3 is 10.1 Å². The van der Waals surface area contributed by atoms with Crippen LogP contribution in [-0.2, 0) is 4.74 Å². The van der Waals surface area contributed by atoms with E-state index in [2.05, 4.69) is 10.4 Å². The van der Waals surface area contributed by atoms with Crippen LogP contribution in [0.4, 0.5) is 11.4 Å². The minimum absolute atomic E-state index is 0.0684. The zero-order valence-electron chi connectivity index (χ0n) is 17.6. The Morgan fingerprint density at radius 1 is 1.12 bits per heavy atom. The second-order valence-corrected chi connectivity index (χ2v) is 6.88. The molecule has 10 nitrogen and oxygen atoms in total. The lowest BCUT2D eigenvalue weighted by Crippen LogP contribution is -2.27. The van der Waals surface area contributed by atoms with Crippen LogP contribution in [0.1, 0.15) is 38.9 Å². The van der Waals surface area contributed by atoms with Gasteiger partial charge in [0.2, 0.25) is 0 Å². The monoisotopic (exact) mass is 436 g/mol. The number of amides is 1. The van der Waals surface area contributed by atoms with E-state index in [0.717, 1.165) is 16.3 Å². The molecule has 10 heteroatoms. The van der Waals surface area contributed by atoms with Gasteiger partial charge in [0.15, 0.2) is 5.69 Å². The van der Waals surface area contributed by atoms with Crippen molar-refractivity contribution in [3.8, 4) is 5.69 Å². The van der Waals surface area contributed by atoms with E-state index < -0.39 is 22.4 Å². The number of hydrogen-bond acceptors (Lipinski definition) is 7. The molecular weight excluding hydrogens is 416 g/mol. The summed E-state index contributed by atoms with van der Waals surface area (Å²) in [7, 11) is 0. The largest absolute Gasteiger partial charge is 0.461 e. The fourth-order valence-corrected chi connectivity index (χ4v) is 3.07. The van der Waals surface area contributed by atoms with Gasteiger partial charge in [0.25, 0.3) is 17.2 Å². The number of nitrogens with one attached hydrogen (secondary N) is 1. The number of nitro benzene ring substituents is 1. The highest BCUT2D eigenvalue weighted by atomic mass is 16.6. The van der Waals surface area contributed by atoms with Gasteiger partial charge in [-0.25, -0.2) is 4.79 Å². The van der Waals surface area contributed by atoms with Gasteiger partial charge in [-0.3, -0.25) is 19.7 Å². The summed E-state index contributed by atoms with van der Waals surface area (Å²) in [5.74, 6) is -1.48. The first-order valence-electron chi connectivity index (χ1n) is 9.66. The van der Waals surface area contributed by atoms with Gasteiger partial charge in [0.1, 0.15) is 0 Å². The number of hydrogen-bond donors (Lipinski definition) is 1. The van der Waals surface area contributed by atoms with Crippen LogP contribution in [0.2, 0.25) is 0 Å². The topological polar surface area (TPSA) is 133 Å². The summed E-state index contributed by atoms with van der Waals surface area (Å²) in [6.07, 6.45) is 0. The van der Waals surface area contributed by atoms with Crippen molar-refractivity contribution in [3.05, 3.63) is 91.4 Å². The van der Waals surface area contributed by atoms with Gasteiger partial charge in [-0.05, 0) is 44.5 Å². The second kappa shape index (κ2) is 9.21. The van der Waals surface area contributed by atoms with E-state index in [0.29, 0.717) is 11.3 Å². The van der Waals surface area contributed by atoms with E-state index >= 15 is 0 Å². The summed E-state index contributed by atoms with van der Waals surface area (Å²) in [5.41, 5.74) is 0.578. The highest BCUT2D eigenvalue weighted by Crippen LogP contribution is 2.21. The first-order chi connectivity index (χ1) is 15.2. The summed E-state index contributed by atoms with van der Waals surface area (Å²) in [4.78, 5) is 48.4. The zero-order valence-corrected chi connectivity index (χ0v) is 17.6. The third kappa shape index (κ3) is 4.53. The number of aromatic nitrogens is 2. The van der Waals surface area contributed by atoms with Crippen LogP contribution in [0, 0.1) is 24.0 Å². The molecule has 0 spiro atoms. The predicted molar refractivity (Wildman–Crippen MR) is 116 cm³/mol. The van der Waals surface area contributed by atoms with Crippen molar-refractivity contribution in [3.63, 3.8) is 0 Å². The maximum atomic E-state index is 12.7. The molecule has 0 aliphatic rings. The van der Waals surface area contributed by atoms with Crippen molar-refractivity contribution >= 4 is 23.3 Å². The average Bonchev–Trinajstić information content (AvgIpc) is 2.74. The first kappa shape index (κ1) is 22.3. The fourth-order valence-electron chi connectivity index (χ4n) is 3.07. The van der Waals surface area contributed by atoms with E-state index in [1.54, 1.807) is 38.1 Å². The second-order valence-electron chi connectivity index (χ2n) is 6.88. The van der Waals surface area contributed by atoms with Gasteiger partial charge in [-0.15, -0.1) is 0 Å². The van der Waals surface area contributed by atoms with Crippen LogP contribution in [0.3, 0.4) is 0 Å². The molecule has 1 aromatic heterocycles. The van der Waals surface area contributed by atoms with Gasteiger partial charge in [0.05, 0.1) is 22.9 Å². The average molecular weight is 436 g/mol. The first-order valence-corrected chi connectivity index (χ1v) is 9.66. The maximum Gasteiger partial charge on any atom is 0.360 e. The number of rotatable bonds is 6. The number of anilines is 1. The fraction of sp³-hybridized carbons (Fsp3) is 0.182. The Labute approximate surface area is 182 Å². The van der Waals surface area contributed by atoms with Crippen LogP contribution in [0.25, 0.3) is 5.69 Å². The normalized spacial score (nSPS) is 10.5. The molecular formula is C22H20N4O6. The molecule has 32 heavy (non-hydrogen) atoms. The summed E-state index contributed by atoms with van der Waals surface area (Å²) in [5, 5.41) is 17.6. The molecule has 0 fully saturated rings. The number of ether oxygens (including phenoxy) is 1. The molecule has 3 rings (SSSR count). The van der Waals surface area contributed by atoms with Crippen molar-refractivity contribution in [1.29, 1.82) is 0 Å². The molecule has 0 bridgehead atoms. The Hall–Kier alpha value is -4.34. The highest BCUT2D eigenvalue weighted by molar-refractivity contribution is 6.07. The smallest absolute Gasteiger partial charge is 0.360 e. The number of benzene rings is 2. The Bertz CT molecular complexity index is 1280. The minimum Gasteiger partial charge on any atom is -0.461 e. The lowest BCUT2D eigenvalue weighted by molar-refractivity contribution is -0.385. The number of nitrogens with zero attached hydrogens (tertiary/aromatic N) is 3. The Balaban J connectivity index is 2.05. The lowest BCUT2D eigenvalue weighted by Gasteiger charge is -2.13. The van der Waals surface area contributed by atoms with Crippen molar-refractivity contribution < 1.29 is 19.2 Å². The molecule has 0 saturated heterocycles. The van der Waals surface area contributed by atoms with E-state index in [9.17, 15) is 24.5 Å². The summed E-state index contributed by atoms with van der Waals surface area (Å²) in [6, 6.07) is 11.9. The molecule has 164 valence electrons. The Morgan fingerprint density at radius 3 is 2.47 bits per heavy atom. The van der Waals surface area contributed by atoms with Gasteiger partial charge in [-0.1, -0.05) is 18.2 Å². The van der Waals surface area contributed by atoms with E-state index in [4.69, 9.17) is 4.74 Å². The van der Waals surface area contributed by atoms with Crippen LogP contribution < -0.4 is 10.9 Å². The number of aryl methyl sites for hydroxylation is 2. The third-order valence-electron chi connectivity index (χ3n) is 4.65. The Kier molecular flexibility index (Phi) is 6.43. The van der Waals surface area contributed by atoms with E-state index in [-0.39, 0.29) is 29.2 Å². The molecule has 1 amide bonds. The molecule has 2 aromatic carbocycles. The van der Waals surface area contributed by atoms with Gasteiger partial charge in [-0.2, -0.15) is 9.78 Å². The molecule has 0 aliphatic heterocycles. The van der Waals surface area contributed by atoms with Gasteiger partial charge in [0, 0.05) is 23.3 Å². The summed E-state index contributed by atoms with van der Waals surface area (Å²) >= 11 is 0. The van der Waals surface area contributed by atoms with Crippen molar-refractivity contribution in [2.75, 3.05) is 11.9 Å². The van der Waals surface area contributed by atoms with Crippen molar-refractivity contribution in [2.24, 2.45) is 0 Å². The number of nitro groups is 1. The van der Waals surface area contributed by atoms with Crippen molar-refractivity contribution in [2.45, 2.75) is 20.8 Å². The number of carbonyl (C=O) groups excluding carboxylic acids is 2. The standard InChI is InChI=1S/C22H20N4O6/c1-4-32-22(29)20-16(12-19(27)25(24-20)17-8-6-5-7-13(17)2)23-21(28)15-9-10-18(26(30)31)14(3)11-15/h5-12H,4H2,1-3H3,(H,23,28). The summed E-state index contributed by atoms with van der Waals surface area (Å²) < 4.78 is 6.10. The van der Waals surface area contributed by atoms with E-state index in [1.807, 2.05) is 0 Å². The quantitative estimate of drug-likeness (QED) is 0.356. The van der Waals surface area contributed by atoms with Crippen LogP contribution in [0.15, 0.2) is 53.3 Å². The number of carbonyl (C=O) groups is 2. The van der Waals surface area contributed by atoms with Crippen LogP contribution >= 0.6 is 0 Å². The molecule has 1 heterocycles. The zero-order chi connectivity index (χ0) is 23.4.